The van der Waals surface area contributed by atoms with Gasteiger partial charge in [0.05, 0.1) is 0 Å². The van der Waals surface area contributed by atoms with Gasteiger partial charge in [-0.1, -0.05) is 33.6 Å². The number of nitrogens with zero attached hydrogens (tertiary/aromatic N) is 1. The number of rotatable bonds is 5. The van der Waals surface area contributed by atoms with Gasteiger partial charge in [-0.2, -0.15) is 0 Å². The van der Waals surface area contributed by atoms with Crippen molar-refractivity contribution >= 4 is 0 Å². The molecule has 17 heavy (non-hydrogen) atoms. The Bertz CT molecular complexity index is 226. The largest absolute Gasteiger partial charge is 0.297 e. The molecule has 0 spiro atoms. The lowest BCUT2D eigenvalue weighted by Crippen LogP contribution is -2.51. The van der Waals surface area contributed by atoms with Crippen LogP contribution in [0.3, 0.4) is 0 Å². The zero-order chi connectivity index (χ0) is 12.3. The van der Waals surface area contributed by atoms with Crippen molar-refractivity contribution in [2.45, 2.75) is 84.2 Å². The van der Waals surface area contributed by atoms with Crippen LogP contribution in [0.1, 0.15) is 72.1 Å². The highest BCUT2D eigenvalue weighted by atomic mass is 15.2. The van der Waals surface area contributed by atoms with Crippen LogP contribution in [0.2, 0.25) is 0 Å². The fraction of sp³-hybridized carbons (Fsp3) is 1.00. The van der Waals surface area contributed by atoms with E-state index in [1.807, 2.05) is 0 Å². The van der Waals surface area contributed by atoms with E-state index in [2.05, 4.69) is 25.7 Å². The van der Waals surface area contributed by atoms with Gasteiger partial charge >= 0.3 is 0 Å². The van der Waals surface area contributed by atoms with Crippen molar-refractivity contribution in [3.05, 3.63) is 0 Å². The lowest BCUT2D eigenvalue weighted by Gasteiger charge is -2.47. The predicted octanol–water partition coefficient (Wildman–Crippen LogP) is 4.47. The normalized spacial score (nSPS) is 38.3. The zero-order valence-corrected chi connectivity index (χ0v) is 12.1. The summed E-state index contributed by atoms with van der Waals surface area (Å²) in [7, 11) is 0. The molecule has 0 amide bonds. The summed E-state index contributed by atoms with van der Waals surface area (Å²) in [5.74, 6) is 2.01. The third-order valence-electron chi connectivity index (χ3n) is 5.20. The average Bonchev–Trinajstić information content (AvgIpc) is 2.79. The molecule has 2 fully saturated rings. The predicted molar refractivity (Wildman–Crippen MR) is 75.2 cm³/mol. The van der Waals surface area contributed by atoms with Crippen molar-refractivity contribution in [3.8, 4) is 0 Å². The first-order valence-electron chi connectivity index (χ1n) is 8.07. The van der Waals surface area contributed by atoms with E-state index in [0.717, 1.165) is 23.9 Å². The van der Waals surface area contributed by atoms with Gasteiger partial charge in [-0.05, 0) is 56.9 Å². The van der Waals surface area contributed by atoms with Crippen LogP contribution in [-0.2, 0) is 0 Å². The Kier molecular flexibility index (Phi) is 4.90. The molecule has 2 saturated heterocycles. The Morgan fingerprint density at radius 3 is 2.35 bits per heavy atom. The van der Waals surface area contributed by atoms with Crippen LogP contribution in [0.15, 0.2) is 0 Å². The van der Waals surface area contributed by atoms with E-state index < -0.39 is 0 Å². The van der Waals surface area contributed by atoms with E-state index in [1.165, 1.54) is 57.9 Å². The van der Waals surface area contributed by atoms with Gasteiger partial charge in [0.1, 0.15) is 0 Å². The second kappa shape index (κ2) is 6.22. The molecule has 2 aliphatic heterocycles. The molecule has 100 valence electrons. The Morgan fingerprint density at radius 2 is 1.71 bits per heavy atom. The Morgan fingerprint density at radius 1 is 1.00 bits per heavy atom. The molecule has 2 heterocycles. The summed E-state index contributed by atoms with van der Waals surface area (Å²) in [5.41, 5.74) is 0. The number of fused-ring (bicyclic) bond motifs is 1. The summed E-state index contributed by atoms with van der Waals surface area (Å²) in [6, 6.07) is 1.86. The number of piperidine rings is 1. The third kappa shape index (κ3) is 2.70. The standard InChI is InChI=1S/C16H31N/c1-4-8-13-12-14(9-5-2)16-10-7-11-17(16)15(13)6-3/h13-16H,4-12H2,1-3H3/t13-,14+,15+,16-/m0/s1. The van der Waals surface area contributed by atoms with E-state index >= 15 is 0 Å². The quantitative estimate of drug-likeness (QED) is 0.682. The van der Waals surface area contributed by atoms with Crippen molar-refractivity contribution in [1.29, 1.82) is 0 Å². The lowest BCUT2D eigenvalue weighted by atomic mass is 9.74. The van der Waals surface area contributed by atoms with Crippen molar-refractivity contribution in [1.82, 2.24) is 4.90 Å². The summed E-state index contributed by atoms with van der Waals surface area (Å²) >= 11 is 0. The van der Waals surface area contributed by atoms with Crippen LogP contribution in [0.25, 0.3) is 0 Å². The summed E-state index contributed by atoms with van der Waals surface area (Å²) in [5, 5.41) is 0. The van der Waals surface area contributed by atoms with Gasteiger partial charge in [0.15, 0.2) is 0 Å². The molecule has 0 radical (unpaired) electrons. The molecule has 2 aliphatic rings. The van der Waals surface area contributed by atoms with Crippen molar-refractivity contribution in [2.75, 3.05) is 6.54 Å². The second-order valence-electron chi connectivity index (χ2n) is 6.26. The molecule has 0 N–H and O–H groups in total. The molecule has 0 unspecified atom stereocenters. The van der Waals surface area contributed by atoms with Crippen molar-refractivity contribution in [2.24, 2.45) is 11.8 Å². The monoisotopic (exact) mass is 237 g/mol. The minimum Gasteiger partial charge on any atom is -0.297 e. The molecule has 1 heteroatoms. The second-order valence-corrected chi connectivity index (χ2v) is 6.26. The van der Waals surface area contributed by atoms with Crippen LogP contribution in [0.4, 0.5) is 0 Å². The van der Waals surface area contributed by atoms with Crippen LogP contribution in [-0.4, -0.2) is 23.5 Å². The highest BCUT2D eigenvalue weighted by Crippen LogP contribution is 2.42. The molecule has 0 bridgehead atoms. The number of hydrogen-bond donors (Lipinski definition) is 0. The molecule has 4 atom stereocenters. The first-order valence-corrected chi connectivity index (χ1v) is 8.07. The summed E-state index contributed by atoms with van der Waals surface area (Å²) in [4.78, 5) is 2.91. The van der Waals surface area contributed by atoms with Crippen LogP contribution >= 0.6 is 0 Å². The van der Waals surface area contributed by atoms with Gasteiger partial charge in [-0.25, -0.2) is 0 Å². The molecule has 2 rings (SSSR count). The van der Waals surface area contributed by atoms with E-state index in [0.29, 0.717) is 0 Å². The molecule has 0 aromatic rings. The first-order chi connectivity index (χ1) is 8.31. The highest BCUT2D eigenvalue weighted by Gasteiger charge is 2.42. The topological polar surface area (TPSA) is 3.24 Å². The first kappa shape index (κ1) is 13.4. The minimum absolute atomic E-state index is 0.913. The smallest absolute Gasteiger partial charge is 0.0127 e. The number of hydrogen-bond acceptors (Lipinski definition) is 1. The van der Waals surface area contributed by atoms with Gasteiger partial charge in [-0.15, -0.1) is 0 Å². The maximum atomic E-state index is 2.91. The van der Waals surface area contributed by atoms with E-state index in [4.69, 9.17) is 0 Å². The van der Waals surface area contributed by atoms with Gasteiger partial charge in [0.2, 0.25) is 0 Å². The van der Waals surface area contributed by atoms with Gasteiger partial charge in [-0.3, -0.25) is 4.90 Å². The maximum absolute atomic E-state index is 2.91. The SMILES string of the molecule is CCC[C@H]1C[C@@H](CCC)[C@@H]2CCCN2[C@@H]1CC. The molecular formula is C16H31N. The van der Waals surface area contributed by atoms with Gasteiger partial charge < -0.3 is 0 Å². The van der Waals surface area contributed by atoms with E-state index in [1.54, 1.807) is 0 Å². The molecule has 0 aromatic heterocycles. The molecule has 0 aromatic carbocycles. The molecule has 1 nitrogen and oxygen atoms in total. The maximum Gasteiger partial charge on any atom is 0.0127 e. The zero-order valence-electron chi connectivity index (χ0n) is 12.1. The molecular weight excluding hydrogens is 206 g/mol. The van der Waals surface area contributed by atoms with Gasteiger partial charge in [0.25, 0.3) is 0 Å². The van der Waals surface area contributed by atoms with Crippen LogP contribution < -0.4 is 0 Å². The molecule has 0 saturated carbocycles. The van der Waals surface area contributed by atoms with E-state index in [9.17, 15) is 0 Å². The third-order valence-corrected chi connectivity index (χ3v) is 5.20. The van der Waals surface area contributed by atoms with Crippen LogP contribution in [0.5, 0.6) is 0 Å². The molecule has 0 aliphatic carbocycles. The van der Waals surface area contributed by atoms with Crippen molar-refractivity contribution in [3.63, 3.8) is 0 Å². The average molecular weight is 237 g/mol. The minimum atomic E-state index is 0.913. The van der Waals surface area contributed by atoms with Gasteiger partial charge in [0, 0.05) is 12.1 Å². The summed E-state index contributed by atoms with van der Waals surface area (Å²) < 4.78 is 0. The Hall–Kier alpha value is -0.0400. The summed E-state index contributed by atoms with van der Waals surface area (Å²) in [6.45, 7) is 8.52. The summed E-state index contributed by atoms with van der Waals surface area (Å²) in [6.07, 6.45) is 11.5. The highest BCUT2D eigenvalue weighted by molar-refractivity contribution is 4.96. The van der Waals surface area contributed by atoms with Crippen LogP contribution in [0, 0.1) is 11.8 Å². The Balaban J connectivity index is 2.08. The lowest BCUT2D eigenvalue weighted by molar-refractivity contribution is 0.0175. The Labute approximate surface area is 108 Å². The fourth-order valence-electron chi connectivity index (χ4n) is 4.64. The van der Waals surface area contributed by atoms with Crippen molar-refractivity contribution < 1.29 is 0 Å². The van der Waals surface area contributed by atoms with E-state index in [-0.39, 0.29) is 0 Å². The fourth-order valence-corrected chi connectivity index (χ4v) is 4.64.